The predicted molar refractivity (Wildman–Crippen MR) is 93.5 cm³/mol. The number of amides is 1. The second kappa shape index (κ2) is 5.80. The van der Waals surface area contributed by atoms with Gasteiger partial charge in [0.05, 0.1) is 7.11 Å². The molecule has 3 rings (SSSR count). The van der Waals surface area contributed by atoms with Crippen molar-refractivity contribution in [2.75, 3.05) is 12.4 Å². The molecule has 1 aromatic heterocycles. The highest BCUT2D eigenvalue weighted by Crippen LogP contribution is 2.24. The van der Waals surface area contributed by atoms with Gasteiger partial charge in [-0.2, -0.15) is 0 Å². The first-order valence-corrected chi connectivity index (χ1v) is 7.54. The van der Waals surface area contributed by atoms with Gasteiger partial charge in [0.1, 0.15) is 11.4 Å². The van der Waals surface area contributed by atoms with E-state index in [1.54, 1.807) is 7.11 Å². The normalized spacial score (nSPS) is 10.8. The zero-order valence-electron chi connectivity index (χ0n) is 13.8. The lowest BCUT2D eigenvalue weighted by Gasteiger charge is -2.12. The third kappa shape index (κ3) is 2.93. The van der Waals surface area contributed by atoms with E-state index in [-0.39, 0.29) is 5.91 Å². The number of rotatable bonds is 3. The summed E-state index contributed by atoms with van der Waals surface area (Å²) >= 11 is 0. The molecule has 4 nitrogen and oxygen atoms in total. The van der Waals surface area contributed by atoms with Crippen molar-refractivity contribution in [3.05, 3.63) is 58.8 Å². The maximum absolute atomic E-state index is 12.6. The summed E-state index contributed by atoms with van der Waals surface area (Å²) in [6.45, 7) is 6.06. The summed E-state index contributed by atoms with van der Waals surface area (Å²) in [5, 5.41) is 3.96. The van der Waals surface area contributed by atoms with Crippen molar-refractivity contribution in [2.45, 2.75) is 20.8 Å². The van der Waals surface area contributed by atoms with E-state index in [1.807, 2.05) is 38.1 Å². The molecule has 1 heterocycles. The Balaban J connectivity index is 1.92. The van der Waals surface area contributed by atoms with E-state index in [1.165, 1.54) is 5.56 Å². The summed E-state index contributed by atoms with van der Waals surface area (Å²) in [5.41, 5.74) is 5.63. The number of H-pyrrole nitrogens is 1. The zero-order valence-corrected chi connectivity index (χ0v) is 13.8. The lowest BCUT2D eigenvalue weighted by molar-refractivity contribution is 0.102. The van der Waals surface area contributed by atoms with Crippen LogP contribution in [0.4, 0.5) is 5.69 Å². The Morgan fingerprint density at radius 3 is 2.39 bits per heavy atom. The number of hydrogen-bond donors (Lipinski definition) is 2. The van der Waals surface area contributed by atoms with Crippen LogP contribution in [0, 0.1) is 20.8 Å². The van der Waals surface area contributed by atoms with Crippen molar-refractivity contribution in [3.8, 4) is 5.75 Å². The first kappa shape index (κ1) is 15.2. The van der Waals surface area contributed by atoms with E-state index in [0.717, 1.165) is 33.5 Å². The highest BCUT2D eigenvalue weighted by atomic mass is 16.5. The van der Waals surface area contributed by atoms with Gasteiger partial charge in [-0.25, -0.2) is 0 Å². The number of fused-ring (bicyclic) bond motifs is 1. The number of hydrogen-bond acceptors (Lipinski definition) is 2. The summed E-state index contributed by atoms with van der Waals surface area (Å²) in [5.74, 6) is 0.629. The lowest BCUT2D eigenvalue weighted by Crippen LogP contribution is -2.14. The molecule has 2 aromatic carbocycles. The standard InChI is InChI=1S/C19H20N2O2/c1-11-7-12(2)18(13(3)8-11)21-19(22)17-10-14-9-15(23-4)5-6-16(14)20-17/h5-10,20H,1-4H3,(H,21,22). The van der Waals surface area contributed by atoms with Crippen LogP contribution in [0.1, 0.15) is 27.2 Å². The molecule has 23 heavy (non-hydrogen) atoms. The molecule has 0 aliphatic rings. The Kier molecular flexibility index (Phi) is 3.82. The first-order chi connectivity index (χ1) is 11.0. The number of nitrogens with one attached hydrogen (secondary N) is 2. The minimum absolute atomic E-state index is 0.143. The van der Waals surface area contributed by atoms with Gasteiger partial charge in [-0.1, -0.05) is 17.7 Å². The van der Waals surface area contributed by atoms with Gasteiger partial charge in [0, 0.05) is 16.6 Å². The van der Waals surface area contributed by atoms with E-state index in [0.29, 0.717) is 5.69 Å². The van der Waals surface area contributed by atoms with Crippen LogP contribution in [0.15, 0.2) is 36.4 Å². The lowest BCUT2D eigenvalue weighted by atomic mass is 10.1. The van der Waals surface area contributed by atoms with Crippen LogP contribution in [0.2, 0.25) is 0 Å². The number of carbonyl (C=O) groups is 1. The van der Waals surface area contributed by atoms with Crippen LogP contribution in [0.5, 0.6) is 5.75 Å². The van der Waals surface area contributed by atoms with Crippen molar-refractivity contribution in [3.63, 3.8) is 0 Å². The number of methoxy groups -OCH3 is 1. The highest BCUT2D eigenvalue weighted by molar-refractivity contribution is 6.06. The van der Waals surface area contributed by atoms with E-state index in [9.17, 15) is 4.79 Å². The maximum atomic E-state index is 12.6. The molecule has 0 aliphatic heterocycles. The summed E-state index contributed by atoms with van der Waals surface area (Å²) in [7, 11) is 1.63. The second-order valence-electron chi connectivity index (χ2n) is 5.86. The number of carbonyl (C=O) groups excluding carboxylic acids is 1. The van der Waals surface area contributed by atoms with E-state index in [4.69, 9.17) is 4.74 Å². The minimum Gasteiger partial charge on any atom is -0.497 e. The molecule has 0 unspecified atom stereocenters. The maximum Gasteiger partial charge on any atom is 0.272 e. The smallest absolute Gasteiger partial charge is 0.272 e. The summed E-state index contributed by atoms with van der Waals surface area (Å²) in [6.07, 6.45) is 0. The average Bonchev–Trinajstić information content (AvgIpc) is 2.93. The zero-order chi connectivity index (χ0) is 16.6. The molecule has 0 saturated carbocycles. The fraction of sp³-hybridized carbons (Fsp3) is 0.211. The number of ether oxygens (including phenoxy) is 1. The average molecular weight is 308 g/mol. The number of aromatic nitrogens is 1. The molecule has 0 fully saturated rings. The van der Waals surface area contributed by atoms with Crippen LogP contribution in [0.25, 0.3) is 10.9 Å². The number of aromatic amines is 1. The summed E-state index contributed by atoms with van der Waals surface area (Å²) < 4.78 is 5.22. The Morgan fingerprint density at radius 1 is 1.04 bits per heavy atom. The summed E-state index contributed by atoms with van der Waals surface area (Å²) in [4.78, 5) is 15.7. The third-order valence-electron chi connectivity index (χ3n) is 3.99. The molecule has 3 aromatic rings. The van der Waals surface area contributed by atoms with Gasteiger partial charge < -0.3 is 15.0 Å². The van der Waals surface area contributed by atoms with Gasteiger partial charge >= 0.3 is 0 Å². The van der Waals surface area contributed by atoms with Crippen molar-refractivity contribution in [2.24, 2.45) is 0 Å². The highest BCUT2D eigenvalue weighted by Gasteiger charge is 2.13. The quantitative estimate of drug-likeness (QED) is 0.755. The Morgan fingerprint density at radius 2 is 1.74 bits per heavy atom. The monoisotopic (exact) mass is 308 g/mol. The fourth-order valence-corrected chi connectivity index (χ4v) is 2.92. The number of anilines is 1. The number of benzene rings is 2. The molecule has 118 valence electrons. The number of aryl methyl sites for hydroxylation is 3. The van der Waals surface area contributed by atoms with Crippen LogP contribution >= 0.6 is 0 Å². The van der Waals surface area contributed by atoms with Crippen LogP contribution in [0.3, 0.4) is 0 Å². The van der Waals surface area contributed by atoms with Crippen molar-refractivity contribution in [1.82, 2.24) is 4.98 Å². The van der Waals surface area contributed by atoms with Crippen LogP contribution in [-0.4, -0.2) is 18.0 Å². The molecule has 2 N–H and O–H groups in total. The van der Waals surface area contributed by atoms with Crippen molar-refractivity contribution < 1.29 is 9.53 Å². The molecule has 0 spiro atoms. The fourth-order valence-electron chi connectivity index (χ4n) is 2.92. The Bertz CT molecular complexity index is 871. The molecule has 0 radical (unpaired) electrons. The van der Waals surface area contributed by atoms with Crippen LogP contribution < -0.4 is 10.1 Å². The van der Waals surface area contributed by atoms with Gasteiger partial charge in [0.25, 0.3) is 5.91 Å². The van der Waals surface area contributed by atoms with Crippen molar-refractivity contribution in [1.29, 1.82) is 0 Å². The van der Waals surface area contributed by atoms with Gasteiger partial charge in [-0.15, -0.1) is 0 Å². The Hall–Kier alpha value is -2.75. The third-order valence-corrected chi connectivity index (χ3v) is 3.99. The van der Waals surface area contributed by atoms with E-state index < -0.39 is 0 Å². The van der Waals surface area contributed by atoms with Gasteiger partial charge in [-0.3, -0.25) is 4.79 Å². The van der Waals surface area contributed by atoms with E-state index in [2.05, 4.69) is 29.4 Å². The molecule has 4 heteroatoms. The van der Waals surface area contributed by atoms with Gasteiger partial charge in [0.2, 0.25) is 0 Å². The Labute approximate surface area is 135 Å². The first-order valence-electron chi connectivity index (χ1n) is 7.54. The molecular weight excluding hydrogens is 288 g/mol. The molecule has 0 saturated heterocycles. The molecule has 0 aliphatic carbocycles. The van der Waals surface area contributed by atoms with Crippen molar-refractivity contribution >= 4 is 22.5 Å². The molecule has 1 amide bonds. The van der Waals surface area contributed by atoms with Gasteiger partial charge in [-0.05, 0) is 56.2 Å². The summed E-state index contributed by atoms with van der Waals surface area (Å²) in [6, 6.07) is 11.7. The molecule has 0 atom stereocenters. The largest absolute Gasteiger partial charge is 0.497 e. The predicted octanol–water partition coefficient (Wildman–Crippen LogP) is 4.35. The topological polar surface area (TPSA) is 54.1 Å². The van der Waals surface area contributed by atoms with Crippen LogP contribution in [-0.2, 0) is 0 Å². The second-order valence-corrected chi connectivity index (χ2v) is 5.86. The molecular formula is C19H20N2O2. The van der Waals surface area contributed by atoms with Gasteiger partial charge in [0.15, 0.2) is 0 Å². The SMILES string of the molecule is COc1ccc2[nH]c(C(=O)Nc3c(C)cc(C)cc3C)cc2c1. The minimum atomic E-state index is -0.143. The molecule has 0 bridgehead atoms. The van der Waals surface area contributed by atoms with E-state index >= 15 is 0 Å².